The van der Waals surface area contributed by atoms with Gasteiger partial charge in [-0.3, -0.25) is 26.3 Å². The molecule has 0 bridgehead atoms. The van der Waals surface area contributed by atoms with E-state index in [2.05, 4.69) is 116 Å². The number of likely N-dealkylation sites (N-methyl/N-ethyl adjacent to an activating group) is 1. The molecule has 45 heavy (non-hydrogen) atoms. The molecular formula is C38H58FeNO2P2Pd+. The molecule has 0 aromatic heterocycles. The maximum Gasteiger partial charge on any atom is 2.00 e. The van der Waals surface area contributed by atoms with Crippen LogP contribution in [0.25, 0.3) is 0 Å². The van der Waals surface area contributed by atoms with Crippen molar-refractivity contribution in [3.05, 3.63) is 92.1 Å². The van der Waals surface area contributed by atoms with Gasteiger partial charge in [-0.1, -0.05) is 49.2 Å². The van der Waals surface area contributed by atoms with E-state index in [9.17, 15) is 9.59 Å². The van der Waals surface area contributed by atoms with Crippen molar-refractivity contribution in [2.24, 2.45) is 0 Å². The molecule has 0 N–H and O–H groups in total. The predicted octanol–water partition coefficient (Wildman–Crippen LogP) is 8.93. The molecule has 4 unspecified atom stereocenters. The van der Waals surface area contributed by atoms with Gasteiger partial charge in [-0.15, -0.1) is 0 Å². The Balaban J connectivity index is 0.000000661. The summed E-state index contributed by atoms with van der Waals surface area (Å²) in [6, 6.07) is 22.5. The first kappa shape index (κ1) is 44.4. The zero-order valence-corrected chi connectivity index (χ0v) is 33.9. The van der Waals surface area contributed by atoms with E-state index in [1.165, 1.54) is 57.7 Å². The Labute approximate surface area is 303 Å². The van der Waals surface area contributed by atoms with Crippen LogP contribution in [0.2, 0.25) is 0 Å². The number of carbonyl (C=O) groups excluding carboxylic acids is 2. The van der Waals surface area contributed by atoms with Gasteiger partial charge in [0.25, 0.3) is 11.8 Å². The fourth-order valence-electron chi connectivity index (χ4n) is 6.82. The molecule has 0 radical (unpaired) electrons. The zero-order valence-electron chi connectivity index (χ0n) is 29.3. The summed E-state index contributed by atoms with van der Waals surface area (Å²) in [6.07, 6.45) is 10.9. The van der Waals surface area contributed by atoms with Crippen molar-refractivity contribution in [1.29, 1.82) is 0 Å². The van der Waals surface area contributed by atoms with Crippen molar-refractivity contribution >= 4 is 38.3 Å². The molecule has 4 atom stereocenters. The van der Waals surface area contributed by atoms with Crippen LogP contribution in [0.15, 0.2) is 72.8 Å². The van der Waals surface area contributed by atoms with Crippen LogP contribution in [0.1, 0.15) is 93.9 Å². The molecule has 254 valence electrons. The number of imide groups is 1. The van der Waals surface area contributed by atoms with Crippen LogP contribution >= 0.6 is 15.8 Å². The Morgan fingerprint density at radius 1 is 0.667 bits per heavy atom. The third-order valence-electron chi connectivity index (χ3n) is 8.83. The molecule has 3 nitrogen and oxygen atoms in total. The topological polar surface area (TPSA) is 37.4 Å². The van der Waals surface area contributed by atoms with Gasteiger partial charge in [0.2, 0.25) is 0 Å². The summed E-state index contributed by atoms with van der Waals surface area (Å²) in [5.41, 5.74) is 1.78. The average Bonchev–Trinajstić information content (AvgIpc) is 3.62. The van der Waals surface area contributed by atoms with E-state index in [0.29, 0.717) is 10.3 Å². The van der Waals surface area contributed by atoms with Crippen LogP contribution in [-0.4, -0.2) is 45.4 Å². The predicted molar refractivity (Wildman–Crippen MR) is 195 cm³/mol. The summed E-state index contributed by atoms with van der Waals surface area (Å²) in [4.78, 5) is 21.9. The molecule has 0 spiro atoms. The molecule has 1 heterocycles. The monoisotopic (exact) mass is 784 g/mol. The van der Waals surface area contributed by atoms with Gasteiger partial charge < -0.3 is 7.43 Å². The van der Waals surface area contributed by atoms with Gasteiger partial charge in [-0.25, -0.2) is 0 Å². The normalized spacial score (nSPS) is 21.3. The van der Waals surface area contributed by atoms with E-state index in [-0.39, 0.29) is 56.7 Å². The number of amides is 2. The molecule has 2 aromatic rings. The number of carbonyl (C=O) groups is 2. The molecule has 2 fully saturated rings. The second-order valence-electron chi connectivity index (χ2n) is 14.2. The largest absolute Gasteiger partial charge is 2.00 e. The molecule has 1 aliphatic heterocycles. The van der Waals surface area contributed by atoms with Crippen molar-refractivity contribution in [3.8, 4) is 0 Å². The SMILES string of the molecule is CN1C(=O)C=CC1=O.C[C-]1CCCC1[PH+](c1ccccc1)C(C)(C)C.C[C-]1CCCC1[PH+](c1ccccc1)C(C)(C)C.[CH3-].[Fe+2].[Pd]. The van der Waals surface area contributed by atoms with Crippen molar-refractivity contribution in [1.82, 2.24) is 4.90 Å². The number of nitrogens with zero attached hydrogens (tertiary/aromatic N) is 1. The van der Waals surface area contributed by atoms with Crippen LogP contribution in [-0.2, 0) is 47.1 Å². The van der Waals surface area contributed by atoms with Crippen molar-refractivity contribution < 1.29 is 47.1 Å². The molecular weight excluding hydrogens is 727 g/mol. The summed E-state index contributed by atoms with van der Waals surface area (Å²) >= 11 is 0. The van der Waals surface area contributed by atoms with E-state index in [1.807, 2.05) is 0 Å². The van der Waals surface area contributed by atoms with Gasteiger partial charge in [0, 0.05) is 55.5 Å². The van der Waals surface area contributed by atoms with Gasteiger partial charge in [0.05, 0.1) is 20.9 Å². The number of benzene rings is 2. The van der Waals surface area contributed by atoms with E-state index in [0.717, 1.165) is 16.2 Å². The van der Waals surface area contributed by atoms with Crippen molar-refractivity contribution in [2.45, 2.75) is 116 Å². The molecule has 0 saturated heterocycles. The van der Waals surface area contributed by atoms with E-state index in [4.69, 9.17) is 0 Å². The molecule has 2 aliphatic carbocycles. The number of rotatable bonds is 4. The Bertz CT molecular complexity index is 1090. The minimum Gasteiger partial charge on any atom is -0.358 e. The summed E-state index contributed by atoms with van der Waals surface area (Å²) in [7, 11) is 0.447. The maximum atomic E-state index is 10.4. The smallest absolute Gasteiger partial charge is 0.358 e. The first-order valence-corrected chi connectivity index (χ1v) is 18.9. The first-order valence-electron chi connectivity index (χ1n) is 15.7. The number of hydrogen-bond donors (Lipinski definition) is 0. The van der Waals surface area contributed by atoms with Gasteiger partial charge in [0.15, 0.2) is 0 Å². The molecule has 7 heteroatoms. The minimum absolute atomic E-state index is 0. The van der Waals surface area contributed by atoms with Crippen LogP contribution in [0.4, 0.5) is 0 Å². The molecule has 2 amide bonds. The van der Waals surface area contributed by atoms with Gasteiger partial charge in [0.1, 0.15) is 0 Å². The Hall–Kier alpha value is -0.638. The molecule has 3 aliphatic rings. The standard InChI is InChI=1S/2C16H24P.C5H5NO2.CH3.Fe.Pd/c2*1-13-9-8-12-15(13)17(16(2,3)4)14-10-6-5-7-11-14;1-6-4(7)2-3-5(6)8;;;/h2*5-7,10-11,15H,8-9,12H2,1-4H3;2-3H,1H3;1H3;;/q2*-1;;-1;+2;/p+2. The van der Waals surface area contributed by atoms with Crippen LogP contribution in [0, 0.1) is 19.3 Å². The summed E-state index contributed by atoms with van der Waals surface area (Å²) < 4.78 is 0. The second kappa shape index (κ2) is 20.0. The van der Waals surface area contributed by atoms with Crippen molar-refractivity contribution in [3.63, 3.8) is 0 Å². The van der Waals surface area contributed by atoms with E-state index >= 15 is 0 Å². The Morgan fingerprint density at radius 3 is 1.18 bits per heavy atom. The van der Waals surface area contributed by atoms with E-state index in [1.54, 1.807) is 22.4 Å². The summed E-state index contributed by atoms with van der Waals surface area (Å²) in [5, 5.41) is 4.14. The van der Waals surface area contributed by atoms with Gasteiger partial charge in [-0.05, 0) is 90.0 Å². The second-order valence-corrected chi connectivity index (χ2v) is 21.4. The maximum absolute atomic E-state index is 10.4. The third kappa shape index (κ3) is 12.7. The van der Waals surface area contributed by atoms with Crippen LogP contribution in [0.5, 0.6) is 0 Å². The average molecular weight is 785 g/mol. The van der Waals surface area contributed by atoms with Gasteiger partial charge >= 0.3 is 17.1 Å². The van der Waals surface area contributed by atoms with Gasteiger partial charge in [-0.2, -0.15) is 26.7 Å². The number of hydrogen-bond acceptors (Lipinski definition) is 2. The molecule has 2 saturated carbocycles. The Kier molecular flexibility index (Phi) is 19.7. The third-order valence-corrected chi connectivity index (χ3v) is 16.9. The quantitative estimate of drug-likeness (QED) is 0.135. The van der Waals surface area contributed by atoms with Crippen LogP contribution < -0.4 is 10.6 Å². The zero-order chi connectivity index (χ0) is 31.1. The Morgan fingerprint density at radius 2 is 0.978 bits per heavy atom. The van der Waals surface area contributed by atoms with E-state index < -0.39 is 15.8 Å². The summed E-state index contributed by atoms with van der Waals surface area (Å²) in [5.74, 6) is 3.04. The minimum atomic E-state index is -0.501. The summed E-state index contributed by atoms with van der Waals surface area (Å²) in [6.45, 7) is 19.4. The molecule has 5 rings (SSSR count). The first-order chi connectivity index (χ1) is 19.7. The van der Waals surface area contributed by atoms with Crippen LogP contribution in [0.3, 0.4) is 0 Å². The fraction of sp³-hybridized carbons (Fsp3) is 0.500. The van der Waals surface area contributed by atoms with Crippen molar-refractivity contribution in [2.75, 3.05) is 7.05 Å². The fourth-order valence-corrected chi connectivity index (χ4v) is 14.8. The molecule has 2 aromatic carbocycles.